The molecule has 0 saturated carbocycles. The van der Waals surface area contributed by atoms with Crippen LogP contribution in [0.15, 0.2) is 60.8 Å². The van der Waals surface area contributed by atoms with E-state index >= 15 is 0 Å². The summed E-state index contributed by atoms with van der Waals surface area (Å²) in [5.74, 6) is -0.0548. The molecule has 41 heavy (non-hydrogen) atoms. The Kier molecular flexibility index (Phi) is 7.25. The summed E-state index contributed by atoms with van der Waals surface area (Å²) in [6.07, 6.45) is 2.77. The second-order valence-electron chi connectivity index (χ2n) is 11.8. The van der Waals surface area contributed by atoms with E-state index < -0.39 is 10.8 Å². The lowest BCUT2D eigenvalue weighted by Gasteiger charge is -2.30. The summed E-state index contributed by atoms with van der Waals surface area (Å²) in [5, 5.41) is 16.1. The number of carbonyl (C=O) groups is 3. The molecular weight excluding hydrogens is 518 g/mol. The first-order valence-corrected chi connectivity index (χ1v) is 13.6. The summed E-state index contributed by atoms with van der Waals surface area (Å²) in [7, 11) is 0. The molecule has 1 atom stereocenters. The number of fused-ring (bicyclic) bond motifs is 3. The lowest BCUT2D eigenvalue weighted by molar-refractivity contribution is -0.142. The lowest BCUT2D eigenvalue weighted by atomic mass is 9.79. The largest absolute Gasteiger partial charge is 0.370 e. The minimum absolute atomic E-state index is 0.0527. The summed E-state index contributed by atoms with van der Waals surface area (Å²) in [6, 6.07) is 17.1. The van der Waals surface area contributed by atoms with E-state index in [-0.39, 0.29) is 36.8 Å². The van der Waals surface area contributed by atoms with Crippen molar-refractivity contribution in [1.82, 2.24) is 15.2 Å². The Morgan fingerprint density at radius 2 is 1.80 bits per heavy atom. The van der Waals surface area contributed by atoms with E-state index in [4.69, 9.17) is 11.1 Å². The van der Waals surface area contributed by atoms with Crippen LogP contribution in [0.5, 0.6) is 0 Å². The first kappa shape index (κ1) is 27.8. The summed E-state index contributed by atoms with van der Waals surface area (Å²) in [6.45, 7) is 5.91. The molecule has 0 fully saturated rings. The molecule has 0 bridgehead atoms. The average molecular weight is 554 g/mol. The van der Waals surface area contributed by atoms with Crippen LogP contribution in [-0.2, 0) is 45.7 Å². The van der Waals surface area contributed by atoms with Crippen molar-refractivity contribution in [3.63, 3.8) is 0 Å². The van der Waals surface area contributed by atoms with Gasteiger partial charge in [-0.25, -0.2) is 4.98 Å². The Morgan fingerprint density at radius 3 is 2.54 bits per heavy atom. The summed E-state index contributed by atoms with van der Waals surface area (Å²) >= 11 is 0. The molecule has 2 aromatic carbocycles. The van der Waals surface area contributed by atoms with E-state index in [1.54, 1.807) is 11.1 Å². The number of hydrogen-bond acceptors (Lipinski definition) is 5. The molecule has 3 amide bonds. The molecule has 1 aliphatic carbocycles. The fraction of sp³-hybridized carbons (Fsp3) is 0.323. The summed E-state index contributed by atoms with van der Waals surface area (Å²) < 4.78 is 0. The predicted molar refractivity (Wildman–Crippen MR) is 157 cm³/mol. The second-order valence-corrected chi connectivity index (χ2v) is 11.8. The predicted octanol–water partition coefficient (Wildman–Crippen LogP) is 3.07. The van der Waals surface area contributed by atoms with Gasteiger partial charge in [0.1, 0.15) is 12.4 Å². The van der Waals surface area contributed by atoms with Crippen LogP contribution in [0.2, 0.25) is 0 Å². The van der Waals surface area contributed by atoms with Crippen molar-refractivity contribution >= 4 is 35.2 Å². The fourth-order valence-electron chi connectivity index (χ4n) is 5.67. The smallest absolute Gasteiger partial charge is 0.244 e. The van der Waals surface area contributed by atoms with Crippen LogP contribution in [0.25, 0.3) is 0 Å². The minimum atomic E-state index is -0.693. The van der Waals surface area contributed by atoms with Crippen LogP contribution in [0.4, 0.5) is 11.5 Å². The van der Waals surface area contributed by atoms with Crippen LogP contribution in [0, 0.1) is 10.8 Å². The molecule has 10 nitrogen and oxygen atoms in total. The van der Waals surface area contributed by atoms with Gasteiger partial charge < -0.3 is 26.6 Å². The van der Waals surface area contributed by atoms with Gasteiger partial charge in [0.2, 0.25) is 17.7 Å². The van der Waals surface area contributed by atoms with Gasteiger partial charge in [-0.3, -0.25) is 19.8 Å². The van der Waals surface area contributed by atoms with Gasteiger partial charge in [-0.05, 0) is 53.3 Å². The molecule has 5 rings (SSSR count). The number of amides is 3. The molecular formula is C31H35N7O3. The van der Waals surface area contributed by atoms with Crippen molar-refractivity contribution in [1.29, 1.82) is 5.41 Å². The van der Waals surface area contributed by atoms with Crippen molar-refractivity contribution in [3.05, 3.63) is 88.6 Å². The van der Waals surface area contributed by atoms with Gasteiger partial charge >= 0.3 is 0 Å². The number of aromatic nitrogens is 1. The number of nitrogens with two attached hydrogens (primary N) is 1. The molecule has 1 aliphatic heterocycles. The van der Waals surface area contributed by atoms with Gasteiger partial charge in [-0.15, -0.1) is 0 Å². The fourth-order valence-corrected chi connectivity index (χ4v) is 5.67. The molecule has 3 aromatic rings. The van der Waals surface area contributed by atoms with E-state index in [0.29, 0.717) is 30.9 Å². The van der Waals surface area contributed by atoms with E-state index in [1.807, 2.05) is 75.4 Å². The van der Waals surface area contributed by atoms with Crippen molar-refractivity contribution in [2.24, 2.45) is 11.1 Å². The number of anilines is 2. The first-order chi connectivity index (χ1) is 19.5. The molecule has 0 radical (unpaired) electrons. The van der Waals surface area contributed by atoms with Crippen LogP contribution < -0.4 is 21.7 Å². The maximum Gasteiger partial charge on any atom is 0.244 e. The molecule has 212 valence electrons. The molecule has 1 unspecified atom stereocenters. The molecule has 2 heterocycles. The highest BCUT2D eigenvalue weighted by Crippen LogP contribution is 2.46. The number of nitrogens with zero attached hydrogens (tertiary/aromatic N) is 2. The monoisotopic (exact) mass is 553 g/mol. The highest BCUT2D eigenvalue weighted by molar-refractivity contribution is 6.06. The van der Waals surface area contributed by atoms with E-state index in [9.17, 15) is 14.4 Å². The van der Waals surface area contributed by atoms with Gasteiger partial charge in [0.15, 0.2) is 5.96 Å². The number of rotatable bonds is 7. The highest BCUT2D eigenvalue weighted by Gasteiger charge is 2.51. The highest BCUT2D eigenvalue weighted by atomic mass is 16.2. The van der Waals surface area contributed by atoms with Gasteiger partial charge in [0, 0.05) is 36.0 Å². The summed E-state index contributed by atoms with van der Waals surface area (Å²) in [5.41, 5.74) is 9.42. The van der Waals surface area contributed by atoms with Gasteiger partial charge in [-0.2, -0.15) is 0 Å². The molecule has 0 saturated heterocycles. The molecule has 6 N–H and O–H groups in total. The van der Waals surface area contributed by atoms with Gasteiger partial charge in [0.25, 0.3) is 0 Å². The van der Waals surface area contributed by atoms with E-state index in [1.165, 1.54) is 0 Å². The number of benzene rings is 2. The first-order valence-electron chi connectivity index (χ1n) is 13.6. The maximum atomic E-state index is 13.4. The number of pyridine rings is 1. The zero-order chi connectivity index (χ0) is 29.4. The second kappa shape index (κ2) is 10.7. The Labute approximate surface area is 239 Å². The standard InChI is InChI=1S/C31H35N7O3/c1-30(2,3)28(41)38(17-21-8-5-4-7-20(21)16-35-29(32)33)18-25(39)36-23-11-10-19-14-31(15-22(19)13-23)24-9-6-12-34-26(24)37-27(31)40/h4-13H,14-18H2,1-3H3,(H,36,39)(H4,32,33,35)(H,34,37,40). The Bertz CT molecular complexity index is 1540. The number of carbonyl (C=O) groups excluding carboxylic acids is 3. The Balaban J connectivity index is 1.32. The SMILES string of the molecule is CC(C)(C)C(=O)N(CC(=O)Nc1ccc2c(c1)CC1(C2)C(=O)Nc2ncccc21)Cc1ccccc1CNC(=N)N. The lowest BCUT2D eigenvalue weighted by Crippen LogP contribution is -2.43. The van der Waals surface area contributed by atoms with Crippen LogP contribution in [0.1, 0.15) is 48.6 Å². The third kappa shape index (κ3) is 5.63. The Hall–Kier alpha value is -4.73. The molecule has 1 aromatic heterocycles. The molecule has 1 spiro atoms. The summed E-state index contributed by atoms with van der Waals surface area (Å²) in [4.78, 5) is 45.6. The van der Waals surface area contributed by atoms with Crippen molar-refractivity contribution < 1.29 is 14.4 Å². The minimum Gasteiger partial charge on any atom is -0.370 e. The third-order valence-electron chi connectivity index (χ3n) is 7.68. The third-order valence-corrected chi connectivity index (χ3v) is 7.68. The van der Waals surface area contributed by atoms with Gasteiger partial charge in [0.05, 0.1) is 5.41 Å². The van der Waals surface area contributed by atoms with Crippen LogP contribution in [0.3, 0.4) is 0 Å². The zero-order valence-electron chi connectivity index (χ0n) is 23.5. The van der Waals surface area contributed by atoms with Crippen molar-refractivity contribution in [3.8, 4) is 0 Å². The molecule has 2 aliphatic rings. The zero-order valence-corrected chi connectivity index (χ0v) is 23.5. The molecule has 10 heteroatoms. The number of guanidine groups is 1. The van der Waals surface area contributed by atoms with Crippen LogP contribution in [-0.4, -0.2) is 40.1 Å². The quantitative estimate of drug-likeness (QED) is 0.224. The maximum absolute atomic E-state index is 13.4. The van der Waals surface area contributed by atoms with Gasteiger partial charge in [-0.1, -0.05) is 57.2 Å². The topological polar surface area (TPSA) is 153 Å². The van der Waals surface area contributed by atoms with Crippen molar-refractivity contribution in [2.45, 2.75) is 52.1 Å². The number of nitrogens with one attached hydrogen (secondary N) is 4. The van der Waals surface area contributed by atoms with E-state index in [0.717, 1.165) is 27.8 Å². The normalized spacial score (nSPS) is 17.0. The Morgan fingerprint density at radius 1 is 1.07 bits per heavy atom. The van der Waals surface area contributed by atoms with Crippen molar-refractivity contribution in [2.75, 3.05) is 17.2 Å². The van der Waals surface area contributed by atoms with Crippen LogP contribution >= 0.6 is 0 Å². The number of hydrogen-bond donors (Lipinski definition) is 5. The average Bonchev–Trinajstić information content (AvgIpc) is 3.43. The van der Waals surface area contributed by atoms with E-state index in [2.05, 4.69) is 20.9 Å².